The number of phenolic OH excluding ortho intramolecular Hbond substituents is 1. The fourth-order valence-corrected chi connectivity index (χ4v) is 1.94. The number of rotatable bonds is 2. The lowest BCUT2D eigenvalue weighted by atomic mass is 10.1. The van der Waals surface area contributed by atoms with E-state index in [9.17, 15) is 5.11 Å². The molecular weight excluding hydrogens is 240 g/mol. The minimum Gasteiger partial charge on any atom is -0.504 e. The summed E-state index contributed by atoms with van der Waals surface area (Å²) in [5.41, 5.74) is 3.12. The van der Waals surface area contributed by atoms with Crippen LogP contribution < -0.4 is 4.74 Å². The fourth-order valence-electron chi connectivity index (χ4n) is 1.94. The van der Waals surface area contributed by atoms with Crippen molar-refractivity contribution in [1.82, 2.24) is 9.97 Å². The molecule has 0 spiro atoms. The summed E-state index contributed by atoms with van der Waals surface area (Å²) in [5, 5.41) is 9.70. The molecule has 1 N–H and O–H groups in total. The van der Waals surface area contributed by atoms with Gasteiger partial charge in [-0.25, -0.2) is 4.98 Å². The molecule has 3 aromatic rings. The quantitative estimate of drug-likeness (QED) is 0.761. The first-order chi connectivity index (χ1) is 9.28. The van der Waals surface area contributed by atoms with Crippen molar-refractivity contribution in [1.29, 1.82) is 0 Å². The number of benzene rings is 2. The molecule has 19 heavy (non-hydrogen) atoms. The Morgan fingerprint density at radius 3 is 2.58 bits per heavy atom. The Balaban J connectivity index is 2.18. The third-order valence-electron chi connectivity index (χ3n) is 2.91. The smallest absolute Gasteiger partial charge is 0.162 e. The number of ether oxygens (including phenoxy) is 1. The number of hydrogen-bond donors (Lipinski definition) is 1. The van der Waals surface area contributed by atoms with Gasteiger partial charge in [0.2, 0.25) is 0 Å². The molecule has 0 saturated heterocycles. The average Bonchev–Trinajstić information content (AvgIpc) is 2.47. The molecule has 3 rings (SSSR count). The summed E-state index contributed by atoms with van der Waals surface area (Å²) in [6.45, 7) is 0. The van der Waals surface area contributed by atoms with E-state index in [0.717, 1.165) is 11.3 Å². The van der Waals surface area contributed by atoms with Crippen LogP contribution in [0.15, 0.2) is 48.7 Å². The molecule has 0 aliphatic carbocycles. The molecule has 0 fully saturated rings. The molecule has 4 heteroatoms. The van der Waals surface area contributed by atoms with Crippen LogP contribution in [0.4, 0.5) is 0 Å². The van der Waals surface area contributed by atoms with Crippen LogP contribution in [0.25, 0.3) is 22.3 Å². The van der Waals surface area contributed by atoms with E-state index in [0.29, 0.717) is 16.8 Å². The van der Waals surface area contributed by atoms with Gasteiger partial charge in [0.25, 0.3) is 0 Å². The molecule has 94 valence electrons. The van der Waals surface area contributed by atoms with E-state index in [-0.39, 0.29) is 5.75 Å². The normalized spacial score (nSPS) is 10.6. The molecule has 0 unspecified atom stereocenters. The molecule has 0 amide bonds. The Hall–Kier alpha value is -2.62. The molecule has 0 aliphatic heterocycles. The van der Waals surface area contributed by atoms with Crippen molar-refractivity contribution in [3.63, 3.8) is 0 Å². The number of hydrogen-bond acceptors (Lipinski definition) is 4. The molecule has 0 saturated carbocycles. The van der Waals surface area contributed by atoms with Crippen LogP contribution in [0.5, 0.6) is 11.5 Å². The standard InChI is InChI=1S/C15H12N2O2/c1-19-15-8-12-11(7-14(15)18)16-9-13(17-12)10-5-3-2-4-6-10/h2-9,18H,1H3. The monoisotopic (exact) mass is 252 g/mol. The Bertz CT molecular complexity index is 727. The van der Waals surface area contributed by atoms with E-state index >= 15 is 0 Å². The summed E-state index contributed by atoms with van der Waals surface area (Å²) in [4.78, 5) is 8.86. The van der Waals surface area contributed by atoms with Gasteiger partial charge >= 0.3 is 0 Å². The van der Waals surface area contributed by atoms with Gasteiger partial charge in [-0.2, -0.15) is 0 Å². The van der Waals surface area contributed by atoms with Gasteiger partial charge in [0, 0.05) is 17.7 Å². The summed E-state index contributed by atoms with van der Waals surface area (Å²) in [5.74, 6) is 0.462. The van der Waals surface area contributed by atoms with Gasteiger partial charge in [-0.05, 0) is 0 Å². The van der Waals surface area contributed by atoms with Crippen molar-refractivity contribution in [2.75, 3.05) is 7.11 Å². The number of methoxy groups -OCH3 is 1. The van der Waals surface area contributed by atoms with Crippen LogP contribution in [0, 0.1) is 0 Å². The number of nitrogens with zero attached hydrogens (tertiary/aromatic N) is 2. The zero-order valence-electron chi connectivity index (χ0n) is 10.4. The molecule has 2 aromatic carbocycles. The first-order valence-corrected chi connectivity index (χ1v) is 5.87. The van der Waals surface area contributed by atoms with Gasteiger partial charge in [0.1, 0.15) is 0 Å². The SMILES string of the molecule is COc1cc2nc(-c3ccccc3)cnc2cc1O. The van der Waals surface area contributed by atoms with Crippen molar-refractivity contribution in [2.45, 2.75) is 0 Å². The predicted molar refractivity (Wildman–Crippen MR) is 73.2 cm³/mol. The minimum absolute atomic E-state index is 0.0664. The van der Waals surface area contributed by atoms with Crippen LogP contribution in [0.1, 0.15) is 0 Å². The molecular formula is C15H12N2O2. The molecule has 1 heterocycles. The van der Waals surface area contributed by atoms with E-state index in [1.807, 2.05) is 30.3 Å². The summed E-state index contributed by atoms with van der Waals surface area (Å²) >= 11 is 0. The van der Waals surface area contributed by atoms with Gasteiger partial charge in [0.05, 0.1) is 30.0 Å². The largest absolute Gasteiger partial charge is 0.504 e. The van der Waals surface area contributed by atoms with E-state index in [2.05, 4.69) is 9.97 Å². The van der Waals surface area contributed by atoms with Gasteiger partial charge in [-0.3, -0.25) is 4.98 Å². The molecule has 0 radical (unpaired) electrons. The van der Waals surface area contributed by atoms with Gasteiger partial charge in [-0.1, -0.05) is 30.3 Å². The molecule has 0 bridgehead atoms. The Labute approximate surface area is 110 Å². The maximum absolute atomic E-state index is 9.70. The molecule has 0 atom stereocenters. The third-order valence-corrected chi connectivity index (χ3v) is 2.91. The van der Waals surface area contributed by atoms with Crippen LogP contribution >= 0.6 is 0 Å². The minimum atomic E-state index is 0.0664. The lowest BCUT2D eigenvalue weighted by molar-refractivity contribution is 0.374. The highest BCUT2D eigenvalue weighted by molar-refractivity contribution is 5.80. The Morgan fingerprint density at radius 1 is 1.05 bits per heavy atom. The number of aromatic hydroxyl groups is 1. The van der Waals surface area contributed by atoms with Crippen LogP contribution in [-0.2, 0) is 0 Å². The highest BCUT2D eigenvalue weighted by atomic mass is 16.5. The Kier molecular flexibility index (Phi) is 2.76. The van der Waals surface area contributed by atoms with Gasteiger partial charge < -0.3 is 9.84 Å². The van der Waals surface area contributed by atoms with E-state index < -0.39 is 0 Å². The van der Waals surface area contributed by atoms with Gasteiger partial charge in [-0.15, -0.1) is 0 Å². The van der Waals surface area contributed by atoms with E-state index in [1.54, 1.807) is 18.3 Å². The lowest BCUT2D eigenvalue weighted by Gasteiger charge is -2.06. The highest BCUT2D eigenvalue weighted by Gasteiger charge is 2.07. The van der Waals surface area contributed by atoms with Crippen LogP contribution in [0.3, 0.4) is 0 Å². The zero-order valence-corrected chi connectivity index (χ0v) is 10.4. The number of phenols is 1. The second kappa shape index (κ2) is 4.57. The van der Waals surface area contributed by atoms with Crippen LogP contribution in [0.2, 0.25) is 0 Å². The Morgan fingerprint density at radius 2 is 1.84 bits per heavy atom. The van der Waals surface area contributed by atoms with Crippen molar-refractivity contribution in [3.05, 3.63) is 48.7 Å². The maximum atomic E-state index is 9.70. The maximum Gasteiger partial charge on any atom is 0.162 e. The summed E-state index contributed by atoms with van der Waals surface area (Å²) in [6.07, 6.45) is 1.70. The molecule has 4 nitrogen and oxygen atoms in total. The number of aromatic nitrogens is 2. The first kappa shape index (κ1) is 11.5. The topological polar surface area (TPSA) is 55.2 Å². The average molecular weight is 252 g/mol. The second-order valence-corrected chi connectivity index (χ2v) is 4.13. The second-order valence-electron chi connectivity index (χ2n) is 4.13. The summed E-state index contributed by atoms with van der Waals surface area (Å²) in [7, 11) is 1.51. The summed E-state index contributed by atoms with van der Waals surface area (Å²) < 4.78 is 5.08. The molecule has 0 aliphatic rings. The zero-order chi connectivity index (χ0) is 13.2. The van der Waals surface area contributed by atoms with Crippen LogP contribution in [-0.4, -0.2) is 22.2 Å². The van der Waals surface area contributed by atoms with E-state index in [4.69, 9.17) is 4.74 Å². The fraction of sp³-hybridized carbons (Fsp3) is 0.0667. The molecule has 1 aromatic heterocycles. The highest BCUT2D eigenvalue weighted by Crippen LogP contribution is 2.30. The van der Waals surface area contributed by atoms with E-state index in [1.165, 1.54) is 7.11 Å². The predicted octanol–water partition coefficient (Wildman–Crippen LogP) is 3.01. The van der Waals surface area contributed by atoms with Crippen molar-refractivity contribution < 1.29 is 9.84 Å². The first-order valence-electron chi connectivity index (χ1n) is 5.87. The van der Waals surface area contributed by atoms with Gasteiger partial charge in [0.15, 0.2) is 11.5 Å². The summed E-state index contributed by atoms with van der Waals surface area (Å²) in [6, 6.07) is 13.1. The van der Waals surface area contributed by atoms with Crippen molar-refractivity contribution in [2.24, 2.45) is 0 Å². The van der Waals surface area contributed by atoms with Crippen molar-refractivity contribution in [3.8, 4) is 22.8 Å². The lowest BCUT2D eigenvalue weighted by Crippen LogP contribution is -1.90. The third kappa shape index (κ3) is 2.08. The number of fused-ring (bicyclic) bond motifs is 1. The van der Waals surface area contributed by atoms with Crippen molar-refractivity contribution >= 4 is 11.0 Å².